The number of hydrogen-bond donors (Lipinski definition) is 1. The van der Waals surface area contributed by atoms with Gasteiger partial charge >= 0.3 is 0 Å². The van der Waals surface area contributed by atoms with E-state index in [-0.39, 0.29) is 24.0 Å². The number of carbonyl (C=O) groups excluding carboxylic acids is 2. The fraction of sp³-hybridized carbons (Fsp3) is 0.846. The molecule has 0 saturated carbocycles. The molecule has 19 heavy (non-hydrogen) atoms. The van der Waals surface area contributed by atoms with Crippen LogP contribution in [-0.4, -0.2) is 73.6 Å². The fourth-order valence-electron chi connectivity index (χ4n) is 1.87. The number of nitrogens with zero attached hydrogens (tertiary/aromatic N) is 2. The van der Waals surface area contributed by atoms with Crippen molar-refractivity contribution >= 4 is 11.8 Å². The maximum absolute atomic E-state index is 12.0. The quantitative estimate of drug-likeness (QED) is 0.762. The summed E-state index contributed by atoms with van der Waals surface area (Å²) in [5.74, 6) is 0.0798. The second-order valence-electron chi connectivity index (χ2n) is 5.80. The zero-order chi connectivity index (χ0) is 14.5. The first kappa shape index (κ1) is 15.9. The van der Waals surface area contributed by atoms with Crippen molar-refractivity contribution in [2.24, 2.45) is 0 Å². The normalized spacial score (nSPS) is 16.6. The van der Waals surface area contributed by atoms with E-state index < -0.39 is 0 Å². The van der Waals surface area contributed by atoms with Crippen molar-refractivity contribution in [2.45, 2.75) is 26.3 Å². The maximum atomic E-state index is 12.0. The Bertz CT molecular complexity index is 318. The Morgan fingerprint density at radius 2 is 1.53 bits per heavy atom. The Morgan fingerprint density at radius 3 is 1.95 bits per heavy atom. The van der Waals surface area contributed by atoms with Gasteiger partial charge in [0.2, 0.25) is 11.8 Å². The number of rotatable bonds is 4. The molecule has 1 fully saturated rings. The van der Waals surface area contributed by atoms with Crippen molar-refractivity contribution in [3.8, 4) is 0 Å². The highest BCUT2D eigenvalue weighted by molar-refractivity contribution is 5.80. The van der Waals surface area contributed by atoms with Crippen molar-refractivity contribution in [1.82, 2.24) is 15.1 Å². The van der Waals surface area contributed by atoms with Gasteiger partial charge in [-0.15, -0.1) is 0 Å². The lowest BCUT2D eigenvalue weighted by atomic mass is 10.1. The van der Waals surface area contributed by atoms with Gasteiger partial charge in [-0.25, -0.2) is 0 Å². The third-order valence-corrected chi connectivity index (χ3v) is 3.02. The molecule has 0 aromatic heterocycles. The van der Waals surface area contributed by atoms with Crippen LogP contribution in [0.15, 0.2) is 0 Å². The van der Waals surface area contributed by atoms with Crippen LogP contribution in [0, 0.1) is 0 Å². The monoisotopic (exact) mass is 271 g/mol. The molecule has 110 valence electrons. The van der Waals surface area contributed by atoms with Gasteiger partial charge in [0, 0.05) is 38.8 Å². The first-order valence-electron chi connectivity index (χ1n) is 6.63. The standard InChI is InChI=1S/C13H25N3O3/c1-13(2,3)14-9-11(17)15-5-7-16(8-6-15)12(18)10-19-4/h14H,5-10H2,1-4H3. The van der Waals surface area contributed by atoms with Gasteiger partial charge in [0.1, 0.15) is 6.61 Å². The van der Waals surface area contributed by atoms with Gasteiger partial charge in [-0.2, -0.15) is 0 Å². The first-order valence-corrected chi connectivity index (χ1v) is 6.63. The molecule has 6 nitrogen and oxygen atoms in total. The molecule has 0 aliphatic carbocycles. The summed E-state index contributed by atoms with van der Waals surface area (Å²) in [6.45, 7) is 8.91. The molecule has 6 heteroatoms. The number of nitrogens with one attached hydrogen (secondary N) is 1. The molecule has 0 spiro atoms. The van der Waals surface area contributed by atoms with Crippen LogP contribution in [0.4, 0.5) is 0 Å². The summed E-state index contributed by atoms with van der Waals surface area (Å²) in [6.07, 6.45) is 0. The fourth-order valence-corrected chi connectivity index (χ4v) is 1.87. The van der Waals surface area contributed by atoms with E-state index in [1.165, 1.54) is 7.11 Å². The Morgan fingerprint density at radius 1 is 1.05 bits per heavy atom. The molecular weight excluding hydrogens is 246 g/mol. The van der Waals surface area contributed by atoms with Crippen LogP contribution in [0.3, 0.4) is 0 Å². The Balaban J connectivity index is 2.33. The van der Waals surface area contributed by atoms with Gasteiger partial charge in [0.25, 0.3) is 0 Å². The minimum atomic E-state index is -0.0636. The van der Waals surface area contributed by atoms with Gasteiger partial charge in [0.05, 0.1) is 6.54 Å². The van der Waals surface area contributed by atoms with Crippen LogP contribution in [-0.2, 0) is 14.3 Å². The Hall–Kier alpha value is -1.14. The van der Waals surface area contributed by atoms with Gasteiger partial charge in [-0.1, -0.05) is 0 Å². The third-order valence-electron chi connectivity index (χ3n) is 3.02. The molecule has 1 aliphatic heterocycles. The van der Waals surface area contributed by atoms with Crippen molar-refractivity contribution in [2.75, 3.05) is 46.4 Å². The molecule has 0 unspecified atom stereocenters. The van der Waals surface area contributed by atoms with Crippen LogP contribution >= 0.6 is 0 Å². The van der Waals surface area contributed by atoms with Crippen LogP contribution in [0.2, 0.25) is 0 Å². The number of amides is 2. The van der Waals surface area contributed by atoms with Gasteiger partial charge in [0.15, 0.2) is 0 Å². The summed E-state index contributed by atoms with van der Waals surface area (Å²) in [7, 11) is 1.51. The highest BCUT2D eigenvalue weighted by atomic mass is 16.5. The molecule has 0 aromatic rings. The highest BCUT2D eigenvalue weighted by Crippen LogP contribution is 2.04. The van der Waals surface area contributed by atoms with Gasteiger partial charge in [-0.05, 0) is 20.8 Å². The van der Waals surface area contributed by atoms with Gasteiger partial charge < -0.3 is 19.9 Å². The average molecular weight is 271 g/mol. The molecule has 0 atom stereocenters. The molecule has 1 rings (SSSR count). The number of carbonyl (C=O) groups is 2. The molecule has 1 heterocycles. The average Bonchev–Trinajstić information content (AvgIpc) is 2.35. The smallest absolute Gasteiger partial charge is 0.248 e. The number of methoxy groups -OCH3 is 1. The van der Waals surface area contributed by atoms with E-state index >= 15 is 0 Å². The van der Waals surface area contributed by atoms with E-state index in [9.17, 15) is 9.59 Å². The number of ether oxygens (including phenoxy) is 1. The zero-order valence-corrected chi connectivity index (χ0v) is 12.4. The summed E-state index contributed by atoms with van der Waals surface area (Å²) < 4.78 is 4.83. The van der Waals surface area contributed by atoms with E-state index in [0.717, 1.165) is 0 Å². The van der Waals surface area contributed by atoms with Crippen LogP contribution in [0.1, 0.15) is 20.8 Å². The summed E-state index contributed by atoms with van der Waals surface area (Å²) in [5.41, 5.74) is -0.0636. The largest absolute Gasteiger partial charge is 0.375 e. The zero-order valence-electron chi connectivity index (χ0n) is 12.4. The molecule has 1 aliphatic rings. The van der Waals surface area contributed by atoms with Crippen molar-refractivity contribution in [3.05, 3.63) is 0 Å². The predicted octanol–water partition coefficient (Wildman–Crippen LogP) is -0.308. The topological polar surface area (TPSA) is 61.9 Å². The summed E-state index contributed by atoms with van der Waals surface area (Å²) in [4.78, 5) is 27.1. The predicted molar refractivity (Wildman–Crippen MR) is 72.8 cm³/mol. The van der Waals surface area contributed by atoms with Crippen molar-refractivity contribution < 1.29 is 14.3 Å². The van der Waals surface area contributed by atoms with E-state index in [2.05, 4.69) is 5.32 Å². The molecule has 1 N–H and O–H groups in total. The van der Waals surface area contributed by atoms with Crippen molar-refractivity contribution in [3.63, 3.8) is 0 Å². The molecule has 0 aromatic carbocycles. The van der Waals surface area contributed by atoms with E-state index in [1.807, 2.05) is 20.8 Å². The molecule has 0 radical (unpaired) electrons. The third kappa shape index (κ3) is 5.57. The van der Waals surface area contributed by atoms with Crippen LogP contribution < -0.4 is 5.32 Å². The summed E-state index contributed by atoms with van der Waals surface area (Å²) in [5, 5.41) is 3.18. The number of hydrogen-bond acceptors (Lipinski definition) is 4. The maximum Gasteiger partial charge on any atom is 0.248 e. The minimum absolute atomic E-state index is 0.0117. The minimum Gasteiger partial charge on any atom is -0.375 e. The van der Waals surface area contributed by atoms with E-state index in [4.69, 9.17) is 4.74 Å². The van der Waals surface area contributed by atoms with Crippen LogP contribution in [0.25, 0.3) is 0 Å². The second kappa shape index (κ2) is 6.86. The highest BCUT2D eigenvalue weighted by Gasteiger charge is 2.24. The number of piperazine rings is 1. The van der Waals surface area contributed by atoms with E-state index in [1.54, 1.807) is 9.80 Å². The molecule has 1 saturated heterocycles. The van der Waals surface area contributed by atoms with Gasteiger partial charge in [-0.3, -0.25) is 9.59 Å². The van der Waals surface area contributed by atoms with E-state index in [0.29, 0.717) is 32.7 Å². The molecular formula is C13H25N3O3. The van der Waals surface area contributed by atoms with Crippen molar-refractivity contribution in [1.29, 1.82) is 0 Å². The van der Waals surface area contributed by atoms with Crippen LogP contribution in [0.5, 0.6) is 0 Å². The lowest BCUT2D eigenvalue weighted by Gasteiger charge is -2.35. The Kier molecular flexibility index (Phi) is 5.75. The summed E-state index contributed by atoms with van der Waals surface area (Å²) in [6, 6.07) is 0. The summed E-state index contributed by atoms with van der Waals surface area (Å²) >= 11 is 0. The lowest BCUT2D eigenvalue weighted by Crippen LogP contribution is -2.54. The Labute approximate surface area is 115 Å². The second-order valence-corrected chi connectivity index (χ2v) is 5.80. The molecule has 2 amide bonds. The molecule has 0 bridgehead atoms. The lowest BCUT2D eigenvalue weighted by molar-refractivity contribution is -0.141. The SMILES string of the molecule is COCC(=O)N1CCN(C(=O)CNC(C)(C)C)CC1. The first-order chi connectivity index (χ1) is 8.83.